The summed E-state index contributed by atoms with van der Waals surface area (Å²) in [5.41, 5.74) is 1.49. The molecule has 0 spiro atoms. The van der Waals surface area contributed by atoms with Crippen LogP contribution in [0.15, 0.2) is 24.3 Å². The van der Waals surface area contributed by atoms with Gasteiger partial charge in [0, 0.05) is 24.6 Å². The number of halogens is 1. The summed E-state index contributed by atoms with van der Waals surface area (Å²) in [7, 11) is 0. The highest BCUT2D eigenvalue weighted by atomic mass is 19.1. The third-order valence-corrected chi connectivity index (χ3v) is 4.68. The maximum absolute atomic E-state index is 13.1. The van der Waals surface area contributed by atoms with E-state index in [2.05, 4.69) is 5.32 Å². The first-order valence-corrected chi connectivity index (χ1v) is 7.36. The highest BCUT2D eigenvalue weighted by molar-refractivity contribution is 5.27. The minimum Gasteiger partial charge on any atom is -0.380 e. The summed E-state index contributed by atoms with van der Waals surface area (Å²) in [6, 6.07) is 7.61. The average molecular weight is 263 g/mol. The Bertz CT molecular complexity index is 405. The maximum Gasteiger partial charge on any atom is 0.123 e. The van der Waals surface area contributed by atoms with Crippen molar-refractivity contribution in [3.8, 4) is 0 Å². The van der Waals surface area contributed by atoms with Crippen LogP contribution in [0.5, 0.6) is 0 Å². The van der Waals surface area contributed by atoms with Crippen molar-refractivity contribution in [3.05, 3.63) is 35.6 Å². The number of hydrogen-bond acceptors (Lipinski definition) is 2. The quantitative estimate of drug-likeness (QED) is 0.901. The Morgan fingerprint density at radius 3 is 2.58 bits per heavy atom. The molecule has 2 aliphatic rings. The summed E-state index contributed by atoms with van der Waals surface area (Å²) < 4.78 is 18.5. The van der Waals surface area contributed by atoms with Gasteiger partial charge in [0.05, 0.1) is 6.61 Å². The summed E-state index contributed by atoms with van der Waals surface area (Å²) in [6.07, 6.45) is 6.08. The van der Waals surface area contributed by atoms with Gasteiger partial charge in [0.1, 0.15) is 5.82 Å². The van der Waals surface area contributed by atoms with Gasteiger partial charge in [0.2, 0.25) is 0 Å². The Morgan fingerprint density at radius 1 is 1.21 bits per heavy atom. The fraction of sp³-hybridized carbons (Fsp3) is 0.625. The van der Waals surface area contributed by atoms with Crippen molar-refractivity contribution in [1.29, 1.82) is 0 Å². The van der Waals surface area contributed by atoms with Crippen molar-refractivity contribution in [1.82, 2.24) is 5.32 Å². The molecule has 0 aromatic heterocycles. The van der Waals surface area contributed by atoms with Crippen molar-refractivity contribution in [2.24, 2.45) is 0 Å². The SMILES string of the molecule is Fc1ccc(C2(CN[C@@H]3CCOC3)CCCC2)cc1. The van der Waals surface area contributed by atoms with Gasteiger partial charge in [-0.25, -0.2) is 4.39 Å². The molecule has 1 N–H and O–H groups in total. The Kier molecular flexibility index (Phi) is 3.85. The molecular formula is C16H22FNO. The first-order valence-electron chi connectivity index (χ1n) is 7.36. The van der Waals surface area contributed by atoms with Crippen molar-refractivity contribution in [2.75, 3.05) is 19.8 Å². The number of benzene rings is 1. The number of hydrogen-bond donors (Lipinski definition) is 1. The first kappa shape index (κ1) is 13.1. The predicted octanol–water partition coefficient (Wildman–Crippen LogP) is 3.02. The molecule has 0 amide bonds. The van der Waals surface area contributed by atoms with E-state index in [1.807, 2.05) is 12.1 Å². The molecule has 1 aromatic rings. The van der Waals surface area contributed by atoms with Gasteiger partial charge in [-0.2, -0.15) is 0 Å². The minimum absolute atomic E-state index is 0.144. The Morgan fingerprint density at radius 2 is 1.95 bits per heavy atom. The molecule has 3 heteroatoms. The van der Waals surface area contributed by atoms with E-state index < -0.39 is 0 Å². The molecule has 1 aromatic carbocycles. The van der Waals surface area contributed by atoms with Crippen molar-refractivity contribution >= 4 is 0 Å². The highest BCUT2D eigenvalue weighted by Gasteiger charge is 2.36. The van der Waals surface area contributed by atoms with Crippen LogP contribution < -0.4 is 5.32 Å². The summed E-state index contributed by atoms with van der Waals surface area (Å²) in [5.74, 6) is -0.144. The van der Waals surface area contributed by atoms with Crippen LogP contribution in [0.2, 0.25) is 0 Å². The summed E-state index contributed by atoms with van der Waals surface area (Å²) in [6.45, 7) is 2.70. The lowest BCUT2D eigenvalue weighted by molar-refractivity contribution is 0.188. The van der Waals surface area contributed by atoms with Gasteiger partial charge in [-0.05, 0) is 37.0 Å². The van der Waals surface area contributed by atoms with Crippen molar-refractivity contribution in [2.45, 2.75) is 43.6 Å². The second-order valence-electron chi connectivity index (χ2n) is 5.94. The molecule has 2 nitrogen and oxygen atoms in total. The van der Waals surface area contributed by atoms with E-state index in [0.29, 0.717) is 6.04 Å². The standard InChI is InChI=1S/C16H22FNO/c17-14-5-3-13(4-6-14)16(8-1-2-9-16)12-18-15-7-10-19-11-15/h3-6,15,18H,1-2,7-12H2/t15-/m1/s1. The lowest BCUT2D eigenvalue weighted by atomic mass is 9.78. The van der Waals surface area contributed by atoms with Crippen LogP contribution in [0.3, 0.4) is 0 Å². The second-order valence-corrected chi connectivity index (χ2v) is 5.94. The summed E-state index contributed by atoms with van der Waals surface area (Å²) >= 11 is 0. The summed E-state index contributed by atoms with van der Waals surface area (Å²) in [4.78, 5) is 0. The van der Waals surface area contributed by atoms with Crippen LogP contribution in [0.25, 0.3) is 0 Å². The van der Waals surface area contributed by atoms with Gasteiger partial charge in [0.25, 0.3) is 0 Å². The van der Waals surface area contributed by atoms with Crippen LogP contribution in [0.1, 0.15) is 37.7 Å². The molecule has 1 heterocycles. The Hall–Kier alpha value is -0.930. The van der Waals surface area contributed by atoms with Crippen molar-refractivity contribution in [3.63, 3.8) is 0 Å². The van der Waals surface area contributed by atoms with Crippen LogP contribution in [0, 0.1) is 5.82 Å². The molecule has 1 atom stereocenters. The molecule has 1 saturated heterocycles. The molecule has 3 rings (SSSR count). The molecule has 104 valence electrons. The maximum atomic E-state index is 13.1. The van der Waals surface area contributed by atoms with E-state index in [1.54, 1.807) is 12.1 Å². The van der Waals surface area contributed by atoms with Crippen LogP contribution in [-0.2, 0) is 10.2 Å². The summed E-state index contributed by atoms with van der Waals surface area (Å²) in [5, 5.41) is 3.66. The molecule has 19 heavy (non-hydrogen) atoms. The van der Waals surface area contributed by atoms with Gasteiger partial charge in [-0.15, -0.1) is 0 Å². The van der Waals surface area contributed by atoms with E-state index in [1.165, 1.54) is 31.2 Å². The number of ether oxygens (including phenoxy) is 1. The monoisotopic (exact) mass is 263 g/mol. The molecule has 1 aliphatic carbocycles. The predicted molar refractivity (Wildman–Crippen MR) is 73.8 cm³/mol. The van der Waals surface area contributed by atoms with Crippen LogP contribution >= 0.6 is 0 Å². The third kappa shape index (κ3) is 2.82. The van der Waals surface area contributed by atoms with Crippen LogP contribution in [-0.4, -0.2) is 25.8 Å². The lowest BCUT2D eigenvalue weighted by Gasteiger charge is -2.31. The van der Waals surface area contributed by atoms with Gasteiger partial charge in [-0.3, -0.25) is 0 Å². The topological polar surface area (TPSA) is 21.3 Å². The number of rotatable bonds is 4. The molecular weight excluding hydrogens is 241 g/mol. The zero-order valence-electron chi connectivity index (χ0n) is 11.3. The first-order chi connectivity index (χ1) is 9.28. The van der Waals surface area contributed by atoms with Gasteiger partial charge in [-0.1, -0.05) is 25.0 Å². The molecule has 2 fully saturated rings. The smallest absolute Gasteiger partial charge is 0.123 e. The average Bonchev–Trinajstić information content (AvgIpc) is 3.09. The van der Waals surface area contributed by atoms with E-state index in [9.17, 15) is 4.39 Å². The van der Waals surface area contributed by atoms with Crippen LogP contribution in [0.4, 0.5) is 4.39 Å². The molecule has 1 saturated carbocycles. The fourth-order valence-electron chi connectivity index (χ4n) is 3.46. The van der Waals surface area contributed by atoms with E-state index >= 15 is 0 Å². The van der Waals surface area contributed by atoms with Gasteiger partial charge < -0.3 is 10.1 Å². The highest BCUT2D eigenvalue weighted by Crippen LogP contribution is 2.40. The largest absolute Gasteiger partial charge is 0.380 e. The zero-order valence-corrected chi connectivity index (χ0v) is 11.3. The second kappa shape index (κ2) is 5.59. The molecule has 0 unspecified atom stereocenters. The lowest BCUT2D eigenvalue weighted by Crippen LogP contribution is -2.41. The Balaban J connectivity index is 1.72. The molecule has 0 bridgehead atoms. The van der Waals surface area contributed by atoms with Gasteiger partial charge in [0.15, 0.2) is 0 Å². The third-order valence-electron chi connectivity index (χ3n) is 4.68. The minimum atomic E-state index is -0.144. The van der Waals surface area contributed by atoms with Gasteiger partial charge >= 0.3 is 0 Å². The zero-order chi connectivity index (χ0) is 13.1. The molecule has 1 aliphatic heterocycles. The number of nitrogens with one attached hydrogen (secondary N) is 1. The fourth-order valence-corrected chi connectivity index (χ4v) is 3.46. The van der Waals surface area contributed by atoms with E-state index in [0.717, 1.165) is 26.2 Å². The van der Waals surface area contributed by atoms with E-state index in [4.69, 9.17) is 4.74 Å². The molecule has 0 radical (unpaired) electrons. The normalized spacial score (nSPS) is 25.8. The Labute approximate surface area is 114 Å². The van der Waals surface area contributed by atoms with E-state index in [-0.39, 0.29) is 11.2 Å². The van der Waals surface area contributed by atoms with Crippen molar-refractivity contribution < 1.29 is 9.13 Å².